The van der Waals surface area contributed by atoms with E-state index in [1.165, 1.54) is 12.8 Å². The molecule has 31 heavy (non-hydrogen) atoms. The van der Waals surface area contributed by atoms with Gasteiger partial charge >= 0.3 is 5.97 Å². The molecular weight excluding hydrogens is 410 g/mol. The molecule has 3 heterocycles. The third-order valence-electron chi connectivity index (χ3n) is 6.19. The molecule has 2 fully saturated rings. The number of benzene rings is 1. The normalized spacial score (nSPS) is 21.4. The molecule has 6 nitrogen and oxygen atoms in total. The van der Waals surface area contributed by atoms with Gasteiger partial charge in [-0.25, -0.2) is 4.79 Å². The summed E-state index contributed by atoms with van der Waals surface area (Å²) in [4.78, 5) is 18.0. The van der Waals surface area contributed by atoms with Crippen molar-refractivity contribution >= 4 is 23.3 Å². The van der Waals surface area contributed by atoms with Crippen LogP contribution in [0.3, 0.4) is 0 Å². The number of nitrogens with one attached hydrogen (secondary N) is 1. The van der Waals surface area contributed by atoms with Crippen LogP contribution in [-0.2, 0) is 0 Å². The molecule has 1 aromatic carbocycles. The standard InChI is InChI=1S/C24H23N3O3S/c28-23(29)16-10-8-15(9-11-16)19-12-13-20(30-19)22-21(18-7-3-4-14-25-18)26-24(31)27(22)17-5-1-2-6-17/h3-4,7-14,17,21-22H,1-2,5-6H2,(H,26,31)(H,28,29)/t21-,22-/m0/s1. The van der Waals surface area contributed by atoms with Crippen molar-refractivity contribution in [2.45, 2.75) is 43.8 Å². The molecule has 2 aliphatic rings. The summed E-state index contributed by atoms with van der Waals surface area (Å²) in [5.74, 6) is 0.589. The molecule has 3 aromatic rings. The van der Waals surface area contributed by atoms with E-state index in [-0.39, 0.29) is 17.6 Å². The van der Waals surface area contributed by atoms with Crippen LogP contribution in [0.2, 0.25) is 0 Å². The van der Waals surface area contributed by atoms with Gasteiger partial charge in [0.15, 0.2) is 5.11 Å². The van der Waals surface area contributed by atoms with Gasteiger partial charge in [-0.1, -0.05) is 31.0 Å². The number of hydrogen-bond donors (Lipinski definition) is 2. The predicted molar refractivity (Wildman–Crippen MR) is 121 cm³/mol. The number of hydrogen-bond acceptors (Lipinski definition) is 4. The molecular formula is C24H23N3O3S. The summed E-state index contributed by atoms with van der Waals surface area (Å²) in [5.41, 5.74) is 2.02. The lowest BCUT2D eigenvalue weighted by molar-refractivity contribution is 0.0697. The number of aromatic nitrogens is 1. The van der Waals surface area contributed by atoms with Crippen LogP contribution in [0, 0.1) is 0 Å². The van der Waals surface area contributed by atoms with Gasteiger partial charge in [0.05, 0.1) is 17.3 Å². The van der Waals surface area contributed by atoms with Crippen LogP contribution in [0.5, 0.6) is 0 Å². The topological polar surface area (TPSA) is 78.6 Å². The third-order valence-corrected chi connectivity index (χ3v) is 6.52. The van der Waals surface area contributed by atoms with Gasteiger partial charge in [-0.05, 0) is 61.5 Å². The second-order valence-corrected chi connectivity index (χ2v) is 8.44. The van der Waals surface area contributed by atoms with Crippen LogP contribution < -0.4 is 5.32 Å². The number of thiocarbonyl (C=S) groups is 1. The van der Waals surface area contributed by atoms with Crippen molar-refractivity contribution in [3.05, 3.63) is 77.8 Å². The lowest BCUT2D eigenvalue weighted by Crippen LogP contribution is -2.37. The molecule has 5 rings (SSSR count). The van der Waals surface area contributed by atoms with Crippen LogP contribution in [0.25, 0.3) is 11.3 Å². The summed E-state index contributed by atoms with van der Waals surface area (Å²) in [6.07, 6.45) is 6.47. The van der Waals surface area contributed by atoms with E-state index in [0.29, 0.717) is 11.8 Å². The minimum absolute atomic E-state index is 0.0856. The van der Waals surface area contributed by atoms with Gasteiger partial charge in [0.25, 0.3) is 0 Å². The largest absolute Gasteiger partial charge is 0.478 e. The highest BCUT2D eigenvalue weighted by Gasteiger charge is 2.45. The van der Waals surface area contributed by atoms with E-state index in [2.05, 4.69) is 15.2 Å². The fraction of sp³-hybridized carbons (Fsp3) is 0.292. The van der Waals surface area contributed by atoms with Crippen molar-refractivity contribution in [3.8, 4) is 11.3 Å². The van der Waals surface area contributed by atoms with E-state index in [1.807, 2.05) is 30.3 Å². The molecule has 2 atom stereocenters. The molecule has 7 heteroatoms. The Morgan fingerprint density at radius 2 is 1.87 bits per heavy atom. The number of nitrogens with zero attached hydrogens (tertiary/aromatic N) is 2. The highest BCUT2D eigenvalue weighted by Crippen LogP contribution is 2.44. The van der Waals surface area contributed by atoms with E-state index in [0.717, 1.165) is 35.0 Å². The number of carboxylic acid groups (broad SMARTS) is 1. The summed E-state index contributed by atoms with van der Waals surface area (Å²) in [6.45, 7) is 0. The van der Waals surface area contributed by atoms with E-state index in [9.17, 15) is 4.79 Å². The van der Waals surface area contributed by atoms with Gasteiger partial charge in [-0.2, -0.15) is 0 Å². The lowest BCUT2D eigenvalue weighted by atomic mass is 10.0. The van der Waals surface area contributed by atoms with E-state index < -0.39 is 5.97 Å². The van der Waals surface area contributed by atoms with Crippen LogP contribution in [-0.4, -0.2) is 32.1 Å². The number of carbonyl (C=O) groups is 1. The molecule has 1 saturated heterocycles. The van der Waals surface area contributed by atoms with Gasteiger partial charge in [0.2, 0.25) is 0 Å². The zero-order valence-corrected chi connectivity index (χ0v) is 17.7. The highest BCUT2D eigenvalue weighted by atomic mass is 32.1. The van der Waals surface area contributed by atoms with Crippen LogP contribution in [0.1, 0.15) is 59.6 Å². The van der Waals surface area contributed by atoms with Crippen molar-refractivity contribution in [3.63, 3.8) is 0 Å². The Morgan fingerprint density at radius 1 is 1.10 bits per heavy atom. The first kappa shape index (κ1) is 19.8. The molecule has 0 radical (unpaired) electrons. The van der Waals surface area contributed by atoms with Crippen molar-refractivity contribution in [2.75, 3.05) is 0 Å². The molecule has 1 aliphatic carbocycles. The Morgan fingerprint density at radius 3 is 2.55 bits per heavy atom. The fourth-order valence-corrected chi connectivity index (χ4v) is 5.08. The maximum Gasteiger partial charge on any atom is 0.335 e. The van der Waals surface area contributed by atoms with Gasteiger partial charge in [0.1, 0.15) is 17.6 Å². The van der Waals surface area contributed by atoms with Crippen molar-refractivity contribution < 1.29 is 14.3 Å². The van der Waals surface area contributed by atoms with Crippen LogP contribution in [0.15, 0.2) is 65.2 Å². The number of furan rings is 1. The maximum absolute atomic E-state index is 11.1. The first-order valence-electron chi connectivity index (χ1n) is 10.5. The fourth-order valence-electron chi connectivity index (χ4n) is 4.69. The first-order chi connectivity index (χ1) is 15.1. The summed E-state index contributed by atoms with van der Waals surface area (Å²) in [5, 5.41) is 13.4. The summed E-state index contributed by atoms with van der Waals surface area (Å²) < 4.78 is 6.33. The molecule has 1 saturated carbocycles. The quantitative estimate of drug-likeness (QED) is 0.551. The number of pyridine rings is 1. The summed E-state index contributed by atoms with van der Waals surface area (Å²) in [7, 11) is 0. The molecule has 1 aliphatic heterocycles. The molecule has 158 valence electrons. The van der Waals surface area contributed by atoms with Crippen molar-refractivity contribution in [2.24, 2.45) is 0 Å². The monoisotopic (exact) mass is 433 g/mol. The average molecular weight is 434 g/mol. The SMILES string of the molecule is O=C(O)c1ccc(-c2ccc([C@H]3[C@H](c4ccccn4)NC(=S)N3C3CCCC3)o2)cc1. The zero-order chi connectivity index (χ0) is 21.4. The van der Waals surface area contributed by atoms with E-state index >= 15 is 0 Å². The van der Waals surface area contributed by atoms with E-state index in [4.69, 9.17) is 21.7 Å². The van der Waals surface area contributed by atoms with Gasteiger partial charge in [-0.15, -0.1) is 0 Å². The number of rotatable bonds is 5. The van der Waals surface area contributed by atoms with Gasteiger partial charge < -0.3 is 19.7 Å². The van der Waals surface area contributed by atoms with Crippen LogP contribution >= 0.6 is 12.2 Å². The third kappa shape index (κ3) is 3.70. The Balaban J connectivity index is 1.51. The molecule has 0 amide bonds. The molecule has 2 N–H and O–H groups in total. The molecule has 2 aromatic heterocycles. The van der Waals surface area contributed by atoms with Crippen molar-refractivity contribution in [1.29, 1.82) is 0 Å². The second kappa shape index (κ2) is 8.15. The number of aromatic carboxylic acids is 1. The smallest absolute Gasteiger partial charge is 0.335 e. The zero-order valence-electron chi connectivity index (χ0n) is 16.9. The minimum atomic E-state index is -0.942. The Kier molecular flexibility index (Phi) is 5.19. The predicted octanol–water partition coefficient (Wildman–Crippen LogP) is 4.95. The summed E-state index contributed by atoms with van der Waals surface area (Å²) in [6, 6.07) is 16.8. The average Bonchev–Trinajstić information content (AvgIpc) is 3.54. The minimum Gasteiger partial charge on any atom is -0.478 e. The Labute approximate surface area is 185 Å². The lowest BCUT2D eigenvalue weighted by Gasteiger charge is -2.31. The summed E-state index contributed by atoms with van der Waals surface area (Å²) >= 11 is 5.76. The molecule has 0 unspecified atom stereocenters. The first-order valence-corrected chi connectivity index (χ1v) is 11.0. The molecule has 0 spiro atoms. The van der Waals surface area contributed by atoms with Crippen LogP contribution in [0.4, 0.5) is 0 Å². The second-order valence-electron chi connectivity index (χ2n) is 8.06. The van der Waals surface area contributed by atoms with E-state index in [1.54, 1.807) is 30.5 Å². The maximum atomic E-state index is 11.1. The van der Waals surface area contributed by atoms with Gasteiger partial charge in [-0.3, -0.25) is 4.98 Å². The highest BCUT2D eigenvalue weighted by molar-refractivity contribution is 7.80. The number of carboxylic acids is 1. The Bertz CT molecular complexity index is 1090. The van der Waals surface area contributed by atoms with Crippen molar-refractivity contribution in [1.82, 2.24) is 15.2 Å². The Hall–Kier alpha value is -3.19. The molecule has 0 bridgehead atoms. The van der Waals surface area contributed by atoms with Gasteiger partial charge in [0, 0.05) is 17.8 Å².